The highest BCUT2D eigenvalue weighted by molar-refractivity contribution is 5.96. The summed E-state index contributed by atoms with van der Waals surface area (Å²) in [6.45, 7) is 2.02. The number of fused-ring (bicyclic) bond motifs is 1. The third-order valence-corrected chi connectivity index (χ3v) is 2.34. The standard InChI is InChI=1S/C10H13N4/c1-6-9-7(12-2)4-3-5-8(9)14-10(11)13-6/h3-6H,1-2H3,(H3,11,13,14)/q-1. The first-order chi connectivity index (χ1) is 6.72. The second kappa shape index (κ2) is 3.21. The lowest BCUT2D eigenvalue weighted by atomic mass is 10.0. The van der Waals surface area contributed by atoms with Crippen molar-refractivity contribution >= 4 is 17.3 Å². The number of benzene rings is 1. The molecule has 1 unspecified atom stereocenters. The molecule has 1 aliphatic heterocycles. The lowest BCUT2D eigenvalue weighted by Gasteiger charge is -2.28. The van der Waals surface area contributed by atoms with Crippen molar-refractivity contribution in [3.63, 3.8) is 0 Å². The molecule has 0 aliphatic carbocycles. The van der Waals surface area contributed by atoms with Gasteiger partial charge in [0.1, 0.15) is 0 Å². The van der Waals surface area contributed by atoms with Gasteiger partial charge in [-0.3, -0.25) is 0 Å². The Kier molecular flexibility index (Phi) is 2.04. The zero-order chi connectivity index (χ0) is 10.1. The molecule has 0 saturated carbocycles. The molecule has 0 radical (unpaired) electrons. The minimum absolute atomic E-state index is 0.0751. The van der Waals surface area contributed by atoms with Crippen LogP contribution in [0.4, 0.5) is 11.4 Å². The number of hydrogen-bond donors (Lipinski definition) is 2. The highest BCUT2D eigenvalue weighted by Crippen LogP contribution is 2.37. The summed E-state index contributed by atoms with van der Waals surface area (Å²) in [5.41, 5.74) is 8.73. The number of nitrogens with two attached hydrogens (primary N) is 1. The third-order valence-electron chi connectivity index (χ3n) is 2.34. The summed E-state index contributed by atoms with van der Waals surface area (Å²) in [6.07, 6.45) is 0. The van der Waals surface area contributed by atoms with Gasteiger partial charge in [-0.1, -0.05) is 12.1 Å². The SMILES string of the molecule is C[N-]c1cccc2c1C(C)N=C(N)N2. The largest absolute Gasteiger partial charge is 0.687 e. The molecule has 4 heteroatoms. The van der Waals surface area contributed by atoms with Gasteiger partial charge >= 0.3 is 0 Å². The lowest BCUT2D eigenvalue weighted by Crippen LogP contribution is -2.27. The summed E-state index contributed by atoms with van der Waals surface area (Å²) in [7, 11) is 1.78. The smallest absolute Gasteiger partial charge is 0.193 e. The average Bonchev–Trinajstić information content (AvgIpc) is 2.16. The van der Waals surface area contributed by atoms with Crippen LogP contribution in [-0.4, -0.2) is 13.0 Å². The summed E-state index contributed by atoms with van der Waals surface area (Å²) in [4.78, 5) is 4.26. The van der Waals surface area contributed by atoms with Crippen molar-refractivity contribution in [2.45, 2.75) is 13.0 Å². The first-order valence-corrected chi connectivity index (χ1v) is 4.55. The van der Waals surface area contributed by atoms with E-state index in [-0.39, 0.29) is 6.04 Å². The van der Waals surface area contributed by atoms with Gasteiger partial charge in [-0.05, 0) is 18.6 Å². The van der Waals surface area contributed by atoms with E-state index in [1.165, 1.54) is 0 Å². The minimum atomic E-state index is 0.0751. The van der Waals surface area contributed by atoms with Crippen LogP contribution in [0.5, 0.6) is 0 Å². The first kappa shape index (κ1) is 8.87. The predicted octanol–water partition coefficient (Wildman–Crippen LogP) is 2.12. The topological polar surface area (TPSA) is 64.5 Å². The van der Waals surface area contributed by atoms with Gasteiger partial charge in [-0.2, -0.15) is 0 Å². The van der Waals surface area contributed by atoms with E-state index in [1.54, 1.807) is 7.05 Å². The molecule has 4 nitrogen and oxygen atoms in total. The van der Waals surface area contributed by atoms with Crippen LogP contribution in [0.1, 0.15) is 18.5 Å². The fourth-order valence-corrected chi connectivity index (χ4v) is 1.74. The molecule has 1 aliphatic rings. The maximum Gasteiger partial charge on any atom is 0.193 e. The molecule has 14 heavy (non-hydrogen) atoms. The Morgan fingerprint density at radius 3 is 3.00 bits per heavy atom. The monoisotopic (exact) mass is 189 g/mol. The minimum Gasteiger partial charge on any atom is -0.687 e. The molecule has 1 heterocycles. The summed E-state index contributed by atoms with van der Waals surface area (Å²) >= 11 is 0. The number of guanidine groups is 1. The molecule has 0 saturated heterocycles. The van der Waals surface area contributed by atoms with Gasteiger partial charge in [0.25, 0.3) is 0 Å². The molecule has 74 valence electrons. The molecular formula is C10H13N4-. The quantitative estimate of drug-likeness (QED) is 0.710. The first-order valence-electron chi connectivity index (χ1n) is 4.55. The predicted molar refractivity (Wildman–Crippen MR) is 59.0 cm³/mol. The van der Waals surface area contributed by atoms with Crippen molar-refractivity contribution in [3.8, 4) is 0 Å². The second-order valence-corrected chi connectivity index (χ2v) is 3.28. The van der Waals surface area contributed by atoms with Gasteiger partial charge in [0.2, 0.25) is 0 Å². The number of anilines is 1. The van der Waals surface area contributed by atoms with Crippen LogP contribution < -0.4 is 11.1 Å². The van der Waals surface area contributed by atoms with Crippen LogP contribution in [-0.2, 0) is 0 Å². The second-order valence-electron chi connectivity index (χ2n) is 3.28. The molecule has 0 spiro atoms. The van der Waals surface area contributed by atoms with E-state index in [1.807, 2.05) is 25.1 Å². The van der Waals surface area contributed by atoms with Crippen molar-refractivity contribution in [2.24, 2.45) is 10.7 Å². The lowest BCUT2D eigenvalue weighted by molar-refractivity contribution is 0.812. The number of nitrogens with zero attached hydrogens (tertiary/aromatic N) is 2. The van der Waals surface area contributed by atoms with Crippen LogP contribution in [0.3, 0.4) is 0 Å². The van der Waals surface area contributed by atoms with Crippen LogP contribution in [0.25, 0.3) is 5.32 Å². The summed E-state index contributed by atoms with van der Waals surface area (Å²) in [5, 5.41) is 7.24. The van der Waals surface area contributed by atoms with Crippen molar-refractivity contribution in [2.75, 3.05) is 12.4 Å². The molecule has 0 bridgehead atoms. The Bertz CT molecular complexity index is 384. The highest BCUT2D eigenvalue weighted by atomic mass is 15.1. The van der Waals surface area contributed by atoms with Crippen molar-refractivity contribution in [3.05, 3.63) is 29.1 Å². The fraction of sp³-hybridized carbons (Fsp3) is 0.300. The number of rotatable bonds is 1. The zero-order valence-electron chi connectivity index (χ0n) is 8.28. The van der Waals surface area contributed by atoms with Gasteiger partial charge in [0, 0.05) is 5.69 Å². The Balaban J connectivity index is 2.53. The van der Waals surface area contributed by atoms with Crippen LogP contribution in [0.15, 0.2) is 23.2 Å². The number of nitrogens with one attached hydrogen (secondary N) is 1. The number of hydrogen-bond acceptors (Lipinski definition) is 3. The molecule has 2 rings (SSSR count). The van der Waals surface area contributed by atoms with Gasteiger partial charge in [0.05, 0.1) is 6.04 Å². The van der Waals surface area contributed by atoms with E-state index in [4.69, 9.17) is 5.73 Å². The van der Waals surface area contributed by atoms with E-state index in [0.29, 0.717) is 5.96 Å². The van der Waals surface area contributed by atoms with E-state index in [0.717, 1.165) is 16.9 Å². The zero-order valence-corrected chi connectivity index (χ0v) is 8.28. The van der Waals surface area contributed by atoms with Gasteiger partial charge in [-0.15, -0.1) is 12.7 Å². The molecule has 0 amide bonds. The van der Waals surface area contributed by atoms with Crippen LogP contribution >= 0.6 is 0 Å². The van der Waals surface area contributed by atoms with Crippen molar-refractivity contribution in [1.82, 2.24) is 0 Å². The summed E-state index contributed by atoms with van der Waals surface area (Å²) in [6, 6.07) is 6.00. The summed E-state index contributed by atoms with van der Waals surface area (Å²) in [5.74, 6) is 0.471. The van der Waals surface area contributed by atoms with E-state index >= 15 is 0 Å². The van der Waals surface area contributed by atoms with Crippen LogP contribution in [0.2, 0.25) is 0 Å². The Labute approximate surface area is 83.2 Å². The maximum absolute atomic E-state index is 5.64. The molecule has 1 aromatic rings. The molecule has 3 N–H and O–H groups in total. The summed E-state index contributed by atoms with van der Waals surface area (Å²) < 4.78 is 0. The van der Waals surface area contributed by atoms with E-state index < -0.39 is 0 Å². The molecule has 1 atom stereocenters. The van der Waals surface area contributed by atoms with Crippen LogP contribution in [0, 0.1) is 0 Å². The normalized spacial score (nSPS) is 19.3. The average molecular weight is 189 g/mol. The van der Waals surface area contributed by atoms with E-state index in [2.05, 4.69) is 15.6 Å². The Hall–Kier alpha value is -1.71. The maximum atomic E-state index is 5.64. The third kappa shape index (κ3) is 1.28. The molecule has 1 aromatic carbocycles. The van der Waals surface area contributed by atoms with Gasteiger partial charge in [0.15, 0.2) is 5.96 Å². The number of aliphatic imine (C=N–C) groups is 1. The van der Waals surface area contributed by atoms with Crippen molar-refractivity contribution < 1.29 is 0 Å². The highest BCUT2D eigenvalue weighted by Gasteiger charge is 2.15. The molecule has 0 aromatic heterocycles. The van der Waals surface area contributed by atoms with Crippen molar-refractivity contribution in [1.29, 1.82) is 0 Å². The van der Waals surface area contributed by atoms with Gasteiger partial charge < -0.3 is 16.4 Å². The fourth-order valence-electron chi connectivity index (χ4n) is 1.74. The molecular weight excluding hydrogens is 176 g/mol. The Morgan fingerprint density at radius 1 is 1.50 bits per heavy atom. The Morgan fingerprint density at radius 2 is 2.29 bits per heavy atom. The van der Waals surface area contributed by atoms with Gasteiger partial charge in [-0.25, -0.2) is 4.99 Å². The molecule has 0 fully saturated rings. The van der Waals surface area contributed by atoms with E-state index in [9.17, 15) is 0 Å².